The average Bonchev–Trinajstić information content (AvgIpc) is 2.49. The zero-order valence-electron chi connectivity index (χ0n) is 13.1. The van der Waals surface area contributed by atoms with Gasteiger partial charge in [0, 0.05) is 23.1 Å². The fourth-order valence-electron chi connectivity index (χ4n) is 3.91. The molecule has 1 aliphatic heterocycles. The van der Waals surface area contributed by atoms with E-state index in [1.165, 1.54) is 7.11 Å². The Labute approximate surface area is 143 Å². The fraction of sp³-hybridized carbons (Fsp3) is 0.588. The highest BCUT2D eigenvalue weighted by molar-refractivity contribution is 9.10. The monoisotopic (exact) mass is 385 g/mol. The van der Waals surface area contributed by atoms with Gasteiger partial charge >= 0.3 is 5.97 Å². The van der Waals surface area contributed by atoms with Crippen molar-refractivity contribution in [3.63, 3.8) is 0 Å². The van der Waals surface area contributed by atoms with Gasteiger partial charge < -0.3 is 9.84 Å². The molecule has 6 heteroatoms. The SMILES string of the molecule is COc1ccc(Br)c(CN2CCC3(CCC3)C(C(=O)O)C2)c1F. The van der Waals surface area contributed by atoms with Crippen LogP contribution in [0.1, 0.15) is 31.2 Å². The molecular formula is C17H21BrFNO3. The van der Waals surface area contributed by atoms with E-state index in [9.17, 15) is 14.3 Å². The second-order valence-corrected chi connectivity index (χ2v) is 7.49. The topological polar surface area (TPSA) is 49.8 Å². The summed E-state index contributed by atoms with van der Waals surface area (Å²) in [5.74, 6) is -1.24. The maximum Gasteiger partial charge on any atom is 0.308 e. The molecule has 1 atom stereocenters. The van der Waals surface area contributed by atoms with Gasteiger partial charge in [-0.05, 0) is 43.4 Å². The Kier molecular flexibility index (Phi) is 4.65. The van der Waals surface area contributed by atoms with Gasteiger partial charge in [0.2, 0.25) is 0 Å². The van der Waals surface area contributed by atoms with E-state index in [1.807, 2.05) is 4.90 Å². The zero-order valence-corrected chi connectivity index (χ0v) is 14.7. The molecule has 1 heterocycles. The van der Waals surface area contributed by atoms with E-state index in [0.29, 0.717) is 23.1 Å². The number of likely N-dealkylation sites (tertiary alicyclic amines) is 1. The smallest absolute Gasteiger partial charge is 0.308 e. The second kappa shape index (κ2) is 6.40. The Morgan fingerprint density at radius 1 is 1.48 bits per heavy atom. The molecule has 1 saturated carbocycles. The molecule has 3 rings (SSSR count). The first-order valence-corrected chi connectivity index (χ1v) is 8.72. The molecule has 0 radical (unpaired) electrons. The number of ether oxygens (including phenoxy) is 1. The lowest BCUT2D eigenvalue weighted by Gasteiger charge is -2.51. The van der Waals surface area contributed by atoms with Crippen molar-refractivity contribution >= 4 is 21.9 Å². The van der Waals surface area contributed by atoms with E-state index in [2.05, 4.69) is 15.9 Å². The summed E-state index contributed by atoms with van der Waals surface area (Å²) >= 11 is 3.39. The minimum atomic E-state index is -0.723. The summed E-state index contributed by atoms with van der Waals surface area (Å²) in [7, 11) is 1.44. The lowest BCUT2D eigenvalue weighted by atomic mass is 9.57. The molecule has 0 aromatic heterocycles. The van der Waals surface area contributed by atoms with Crippen LogP contribution in [0.5, 0.6) is 5.75 Å². The summed E-state index contributed by atoms with van der Waals surface area (Å²) in [6.07, 6.45) is 4.02. The number of benzene rings is 1. The molecule has 1 saturated heterocycles. The van der Waals surface area contributed by atoms with Crippen molar-refractivity contribution in [2.45, 2.75) is 32.2 Å². The van der Waals surface area contributed by atoms with Crippen molar-refractivity contribution in [3.8, 4) is 5.75 Å². The largest absolute Gasteiger partial charge is 0.494 e. The number of nitrogens with zero attached hydrogens (tertiary/aromatic N) is 1. The molecule has 1 spiro atoms. The van der Waals surface area contributed by atoms with Crippen LogP contribution in [0, 0.1) is 17.2 Å². The molecule has 1 aromatic rings. The molecule has 1 aromatic carbocycles. The van der Waals surface area contributed by atoms with Crippen LogP contribution in [0.15, 0.2) is 16.6 Å². The van der Waals surface area contributed by atoms with Crippen molar-refractivity contribution in [2.24, 2.45) is 11.3 Å². The zero-order chi connectivity index (χ0) is 16.6. The van der Waals surface area contributed by atoms with Gasteiger partial charge in [0.25, 0.3) is 0 Å². The van der Waals surface area contributed by atoms with Crippen LogP contribution in [0.25, 0.3) is 0 Å². The number of hydrogen-bond acceptors (Lipinski definition) is 3. The minimum Gasteiger partial charge on any atom is -0.494 e. The fourth-order valence-corrected chi connectivity index (χ4v) is 4.35. The van der Waals surface area contributed by atoms with E-state index in [-0.39, 0.29) is 22.9 Å². The number of carboxylic acid groups (broad SMARTS) is 1. The molecule has 1 unspecified atom stereocenters. The molecule has 1 aliphatic carbocycles. The third-order valence-corrected chi connectivity index (χ3v) is 6.25. The van der Waals surface area contributed by atoms with Crippen LogP contribution in [0.2, 0.25) is 0 Å². The molecule has 0 amide bonds. The average molecular weight is 386 g/mol. The van der Waals surface area contributed by atoms with Gasteiger partial charge in [-0.25, -0.2) is 4.39 Å². The number of halogens is 2. The van der Waals surface area contributed by atoms with Crippen molar-refractivity contribution in [2.75, 3.05) is 20.2 Å². The highest BCUT2D eigenvalue weighted by atomic mass is 79.9. The maximum absolute atomic E-state index is 14.5. The number of rotatable bonds is 4. The predicted octanol–water partition coefficient (Wildman–Crippen LogP) is 3.67. The first kappa shape index (κ1) is 16.7. The van der Waals surface area contributed by atoms with Crippen LogP contribution in [-0.2, 0) is 11.3 Å². The first-order valence-electron chi connectivity index (χ1n) is 7.93. The van der Waals surface area contributed by atoms with E-state index >= 15 is 0 Å². The lowest BCUT2D eigenvalue weighted by Crippen LogP contribution is -2.53. The van der Waals surface area contributed by atoms with Crippen molar-refractivity contribution in [1.29, 1.82) is 0 Å². The quantitative estimate of drug-likeness (QED) is 0.858. The van der Waals surface area contributed by atoms with Gasteiger partial charge in [0.05, 0.1) is 13.0 Å². The van der Waals surface area contributed by atoms with Gasteiger partial charge in [0.15, 0.2) is 11.6 Å². The molecule has 4 nitrogen and oxygen atoms in total. The summed E-state index contributed by atoms with van der Waals surface area (Å²) in [5, 5.41) is 9.58. The van der Waals surface area contributed by atoms with E-state index in [4.69, 9.17) is 4.74 Å². The molecule has 2 fully saturated rings. The molecule has 1 N–H and O–H groups in total. The van der Waals surface area contributed by atoms with Crippen molar-refractivity contribution in [3.05, 3.63) is 28.0 Å². The van der Waals surface area contributed by atoms with Crippen LogP contribution in [0.3, 0.4) is 0 Å². The number of aliphatic carboxylic acids is 1. The molecule has 126 valence electrons. The minimum absolute atomic E-state index is 0.0213. The lowest BCUT2D eigenvalue weighted by molar-refractivity contribution is -0.155. The number of carbonyl (C=O) groups is 1. The summed E-state index contributed by atoms with van der Waals surface area (Å²) in [5.41, 5.74) is 0.505. The summed E-state index contributed by atoms with van der Waals surface area (Å²) in [6, 6.07) is 3.35. The van der Waals surface area contributed by atoms with Crippen LogP contribution >= 0.6 is 15.9 Å². The molecule has 0 bridgehead atoms. The van der Waals surface area contributed by atoms with E-state index in [0.717, 1.165) is 32.2 Å². The summed E-state index contributed by atoms with van der Waals surface area (Å²) in [4.78, 5) is 13.7. The highest BCUT2D eigenvalue weighted by Gasteiger charge is 2.50. The first-order chi connectivity index (χ1) is 11.0. The second-order valence-electron chi connectivity index (χ2n) is 6.63. The highest BCUT2D eigenvalue weighted by Crippen LogP contribution is 2.52. The van der Waals surface area contributed by atoms with E-state index in [1.54, 1.807) is 12.1 Å². The Hall–Kier alpha value is -1.14. The summed E-state index contributed by atoms with van der Waals surface area (Å²) in [6.45, 7) is 1.69. The number of carboxylic acids is 1. The Morgan fingerprint density at radius 3 is 2.78 bits per heavy atom. The molecule has 2 aliphatic rings. The summed E-state index contributed by atoms with van der Waals surface area (Å²) < 4.78 is 20.2. The van der Waals surface area contributed by atoms with Crippen molar-refractivity contribution in [1.82, 2.24) is 4.90 Å². The predicted molar refractivity (Wildman–Crippen MR) is 88.0 cm³/mol. The van der Waals surface area contributed by atoms with Gasteiger partial charge in [-0.3, -0.25) is 9.69 Å². The number of methoxy groups -OCH3 is 1. The molecular weight excluding hydrogens is 365 g/mol. The normalized spacial score (nSPS) is 23.5. The Morgan fingerprint density at radius 2 is 2.22 bits per heavy atom. The standard InChI is InChI=1S/C17H21BrFNO3/c1-23-14-4-3-13(18)11(15(14)19)9-20-8-7-17(5-2-6-17)12(10-20)16(21)22/h3-4,12H,2,5-10H2,1H3,(H,21,22). The Balaban J connectivity index is 1.78. The maximum atomic E-state index is 14.5. The Bertz CT molecular complexity index is 618. The van der Waals surface area contributed by atoms with Crippen LogP contribution < -0.4 is 4.74 Å². The van der Waals surface area contributed by atoms with Crippen LogP contribution in [0.4, 0.5) is 4.39 Å². The number of hydrogen-bond donors (Lipinski definition) is 1. The van der Waals surface area contributed by atoms with Crippen molar-refractivity contribution < 1.29 is 19.0 Å². The third kappa shape index (κ3) is 2.98. The van der Waals surface area contributed by atoms with Gasteiger partial charge in [0.1, 0.15) is 0 Å². The van der Waals surface area contributed by atoms with E-state index < -0.39 is 5.97 Å². The van der Waals surface area contributed by atoms with Gasteiger partial charge in [-0.2, -0.15) is 0 Å². The van der Waals surface area contributed by atoms with Crippen LogP contribution in [-0.4, -0.2) is 36.2 Å². The third-order valence-electron chi connectivity index (χ3n) is 5.51. The van der Waals surface area contributed by atoms with Gasteiger partial charge in [-0.1, -0.05) is 22.4 Å². The molecule has 23 heavy (non-hydrogen) atoms. The van der Waals surface area contributed by atoms with Gasteiger partial charge in [-0.15, -0.1) is 0 Å². The number of piperidine rings is 1.